The van der Waals surface area contributed by atoms with Crippen molar-refractivity contribution >= 4 is 11.6 Å². The summed E-state index contributed by atoms with van der Waals surface area (Å²) in [6, 6.07) is 9.19. The van der Waals surface area contributed by atoms with Crippen molar-refractivity contribution in [3.05, 3.63) is 47.7 Å². The molecule has 5 nitrogen and oxygen atoms in total. The monoisotopic (exact) mass is 286 g/mol. The molecule has 0 aliphatic heterocycles. The van der Waals surface area contributed by atoms with Gasteiger partial charge in [-0.2, -0.15) is 0 Å². The van der Waals surface area contributed by atoms with Crippen LogP contribution in [-0.4, -0.2) is 24.6 Å². The van der Waals surface area contributed by atoms with E-state index in [9.17, 15) is 4.79 Å². The number of benzene rings is 1. The fourth-order valence-electron chi connectivity index (χ4n) is 1.78. The third-order valence-electron chi connectivity index (χ3n) is 2.86. The molecular formula is C16H18N2O3. The summed E-state index contributed by atoms with van der Waals surface area (Å²) >= 11 is 0. The molecule has 0 fully saturated rings. The van der Waals surface area contributed by atoms with Crippen molar-refractivity contribution in [3.63, 3.8) is 0 Å². The molecule has 0 bridgehead atoms. The van der Waals surface area contributed by atoms with Crippen molar-refractivity contribution in [2.75, 3.05) is 19.0 Å². The molecule has 1 aromatic heterocycles. The van der Waals surface area contributed by atoms with Gasteiger partial charge >= 0.3 is 0 Å². The molecule has 0 unspecified atom stereocenters. The largest absolute Gasteiger partial charge is 0.495 e. The first-order valence-electron chi connectivity index (χ1n) is 6.58. The van der Waals surface area contributed by atoms with E-state index < -0.39 is 0 Å². The van der Waals surface area contributed by atoms with E-state index in [-0.39, 0.29) is 12.5 Å². The van der Waals surface area contributed by atoms with Crippen molar-refractivity contribution < 1.29 is 14.3 Å². The van der Waals surface area contributed by atoms with Gasteiger partial charge in [-0.1, -0.05) is 12.1 Å². The molecule has 1 aromatic carbocycles. The Kier molecular flexibility index (Phi) is 4.77. The molecule has 5 heteroatoms. The zero-order valence-electron chi connectivity index (χ0n) is 12.3. The highest BCUT2D eigenvalue weighted by Crippen LogP contribution is 2.25. The van der Waals surface area contributed by atoms with E-state index in [2.05, 4.69) is 10.3 Å². The minimum absolute atomic E-state index is 0.104. The Morgan fingerprint density at radius 2 is 1.95 bits per heavy atom. The van der Waals surface area contributed by atoms with Crippen LogP contribution < -0.4 is 14.8 Å². The number of methoxy groups -OCH3 is 1. The minimum Gasteiger partial charge on any atom is -0.495 e. The molecule has 0 aliphatic rings. The van der Waals surface area contributed by atoms with Crippen LogP contribution in [0.3, 0.4) is 0 Å². The van der Waals surface area contributed by atoms with Gasteiger partial charge in [-0.15, -0.1) is 0 Å². The van der Waals surface area contributed by atoms with Crippen LogP contribution in [0.15, 0.2) is 36.5 Å². The number of anilines is 1. The van der Waals surface area contributed by atoms with Crippen molar-refractivity contribution in [1.82, 2.24) is 4.98 Å². The van der Waals surface area contributed by atoms with E-state index in [0.717, 1.165) is 11.1 Å². The van der Waals surface area contributed by atoms with Gasteiger partial charge in [0.05, 0.1) is 12.8 Å². The van der Waals surface area contributed by atoms with E-state index in [1.807, 2.05) is 38.1 Å². The average Bonchev–Trinajstić information content (AvgIpc) is 2.47. The first-order valence-corrected chi connectivity index (χ1v) is 6.58. The van der Waals surface area contributed by atoms with Gasteiger partial charge in [0.15, 0.2) is 6.61 Å². The van der Waals surface area contributed by atoms with Crippen LogP contribution in [0, 0.1) is 13.8 Å². The number of carbonyl (C=O) groups excluding carboxylic acids is 1. The van der Waals surface area contributed by atoms with Crippen molar-refractivity contribution in [3.8, 4) is 11.6 Å². The van der Waals surface area contributed by atoms with Gasteiger partial charge in [0.25, 0.3) is 5.91 Å². The molecule has 0 atom stereocenters. The Labute approximate surface area is 123 Å². The summed E-state index contributed by atoms with van der Waals surface area (Å²) < 4.78 is 10.5. The quantitative estimate of drug-likeness (QED) is 0.918. The lowest BCUT2D eigenvalue weighted by Gasteiger charge is -2.11. The highest BCUT2D eigenvalue weighted by molar-refractivity contribution is 5.93. The maximum atomic E-state index is 11.9. The summed E-state index contributed by atoms with van der Waals surface area (Å²) in [7, 11) is 1.56. The Balaban J connectivity index is 1.95. The predicted molar refractivity (Wildman–Crippen MR) is 80.8 cm³/mol. The molecule has 0 radical (unpaired) electrons. The summed E-state index contributed by atoms with van der Waals surface area (Å²) in [6.07, 6.45) is 1.69. The van der Waals surface area contributed by atoms with E-state index in [4.69, 9.17) is 9.47 Å². The Morgan fingerprint density at radius 1 is 1.19 bits per heavy atom. The number of aromatic nitrogens is 1. The third kappa shape index (κ3) is 4.21. The first-order chi connectivity index (χ1) is 10.1. The number of carbonyl (C=O) groups is 1. The van der Waals surface area contributed by atoms with Gasteiger partial charge in [0.1, 0.15) is 5.75 Å². The standard InChI is InChI=1S/C16H18N2O3/c1-11-4-6-14(20-3)13(8-11)18-15(19)10-21-16-7-5-12(2)9-17-16/h4-9H,10H2,1-3H3,(H,18,19). The number of hydrogen-bond acceptors (Lipinski definition) is 4. The van der Waals surface area contributed by atoms with Gasteiger partial charge in [-0.05, 0) is 37.1 Å². The molecule has 110 valence electrons. The summed E-state index contributed by atoms with van der Waals surface area (Å²) in [5, 5.41) is 2.77. The molecule has 2 aromatic rings. The lowest BCUT2D eigenvalue weighted by Crippen LogP contribution is -2.20. The van der Waals surface area contributed by atoms with E-state index >= 15 is 0 Å². The SMILES string of the molecule is COc1ccc(C)cc1NC(=O)COc1ccc(C)cn1. The van der Waals surface area contributed by atoms with Crippen molar-refractivity contribution in [2.45, 2.75) is 13.8 Å². The fraction of sp³-hybridized carbons (Fsp3) is 0.250. The number of aryl methyl sites for hydroxylation is 2. The highest BCUT2D eigenvalue weighted by Gasteiger charge is 2.09. The summed E-state index contributed by atoms with van der Waals surface area (Å²) in [5.74, 6) is 0.774. The van der Waals surface area contributed by atoms with Crippen molar-refractivity contribution in [2.24, 2.45) is 0 Å². The zero-order valence-corrected chi connectivity index (χ0v) is 12.3. The topological polar surface area (TPSA) is 60.5 Å². The zero-order chi connectivity index (χ0) is 15.2. The summed E-state index contributed by atoms with van der Waals surface area (Å²) in [4.78, 5) is 16.0. The second-order valence-corrected chi connectivity index (χ2v) is 4.71. The second-order valence-electron chi connectivity index (χ2n) is 4.71. The molecule has 0 saturated heterocycles. The van der Waals surface area contributed by atoms with Gasteiger partial charge in [0, 0.05) is 12.3 Å². The van der Waals surface area contributed by atoms with E-state index in [1.165, 1.54) is 0 Å². The minimum atomic E-state index is -0.263. The summed E-state index contributed by atoms with van der Waals surface area (Å²) in [6.45, 7) is 3.78. The molecule has 0 spiro atoms. The first kappa shape index (κ1) is 14.8. The number of pyridine rings is 1. The molecule has 0 saturated carbocycles. The van der Waals surface area contributed by atoms with Crippen molar-refractivity contribution in [1.29, 1.82) is 0 Å². The van der Waals surface area contributed by atoms with Crippen LogP contribution in [-0.2, 0) is 4.79 Å². The molecular weight excluding hydrogens is 268 g/mol. The maximum Gasteiger partial charge on any atom is 0.262 e. The third-order valence-corrected chi connectivity index (χ3v) is 2.86. The summed E-state index contributed by atoms with van der Waals surface area (Å²) in [5.41, 5.74) is 2.70. The molecule has 21 heavy (non-hydrogen) atoms. The van der Waals surface area contributed by atoms with Crippen LogP contribution >= 0.6 is 0 Å². The number of ether oxygens (including phenoxy) is 2. The van der Waals surface area contributed by atoms with Gasteiger partial charge in [0.2, 0.25) is 5.88 Å². The van der Waals surface area contributed by atoms with Crippen LogP contribution in [0.25, 0.3) is 0 Å². The van der Waals surface area contributed by atoms with Gasteiger partial charge in [-0.25, -0.2) is 4.98 Å². The predicted octanol–water partition coefficient (Wildman–Crippen LogP) is 2.72. The second kappa shape index (κ2) is 6.74. The Hall–Kier alpha value is -2.56. The average molecular weight is 286 g/mol. The number of amides is 1. The smallest absolute Gasteiger partial charge is 0.262 e. The number of nitrogens with one attached hydrogen (secondary N) is 1. The number of hydrogen-bond donors (Lipinski definition) is 1. The van der Waals surface area contributed by atoms with Crippen LogP contribution in [0.5, 0.6) is 11.6 Å². The molecule has 1 heterocycles. The molecule has 1 amide bonds. The molecule has 2 rings (SSSR count). The van der Waals surface area contributed by atoms with Crippen LogP contribution in [0.4, 0.5) is 5.69 Å². The van der Waals surface area contributed by atoms with Crippen LogP contribution in [0.2, 0.25) is 0 Å². The van der Waals surface area contributed by atoms with E-state index in [0.29, 0.717) is 17.3 Å². The number of rotatable bonds is 5. The lowest BCUT2D eigenvalue weighted by atomic mass is 10.2. The molecule has 0 aliphatic carbocycles. The number of nitrogens with zero attached hydrogens (tertiary/aromatic N) is 1. The van der Waals surface area contributed by atoms with Gasteiger partial charge < -0.3 is 14.8 Å². The maximum absolute atomic E-state index is 11.9. The fourth-order valence-corrected chi connectivity index (χ4v) is 1.78. The van der Waals surface area contributed by atoms with Crippen LogP contribution in [0.1, 0.15) is 11.1 Å². The normalized spacial score (nSPS) is 10.0. The molecule has 1 N–H and O–H groups in total. The van der Waals surface area contributed by atoms with E-state index in [1.54, 1.807) is 19.4 Å². The Bertz CT molecular complexity index is 624. The van der Waals surface area contributed by atoms with Gasteiger partial charge in [-0.3, -0.25) is 4.79 Å². The Morgan fingerprint density at radius 3 is 2.62 bits per heavy atom. The highest BCUT2D eigenvalue weighted by atomic mass is 16.5. The lowest BCUT2D eigenvalue weighted by molar-refractivity contribution is -0.118.